The molecule has 1 saturated heterocycles. The number of halogens is 1. The van der Waals surface area contributed by atoms with Gasteiger partial charge in [0.25, 0.3) is 0 Å². The molecule has 1 unspecified atom stereocenters. The minimum absolute atomic E-state index is 0.0973. The molecule has 0 radical (unpaired) electrons. The number of nitrogens with two attached hydrogens (primary N) is 1. The fourth-order valence-electron chi connectivity index (χ4n) is 2.59. The summed E-state index contributed by atoms with van der Waals surface area (Å²) < 4.78 is 5.79. The summed E-state index contributed by atoms with van der Waals surface area (Å²) in [6.07, 6.45) is 0.964. The van der Waals surface area contributed by atoms with Crippen molar-refractivity contribution in [1.29, 1.82) is 0 Å². The summed E-state index contributed by atoms with van der Waals surface area (Å²) in [7, 11) is 0. The predicted molar refractivity (Wildman–Crippen MR) is 91.6 cm³/mol. The zero-order valence-electron chi connectivity index (χ0n) is 12.6. The summed E-state index contributed by atoms with van der Waals surface area (Å²) in [4.78, 5) is 18.4. The molecule has 0 saturated carbocycles. The Kier molecular flexibility index (Phi) is 5.15. The number of aromatic nitrogens is 1. The maximum absolute atomic E-state index is 12.4. The number of nitrogen functional groups attached to an aromatic ring is 1. The lowest BCUT2D eigenvalue weighted by molar-refractivity contribution is -0.139. The molecule has 1 aromatic heterocycles. The van der Waals surface area contributed by atoms with E-state index in [4.69, 9.17) is 22.1 Å². The number of nitrogens with zero attached hydrogens (tertiary/aromatic N) is 2. The van der Waals surface area contributed by atoms with Crippen LogP contribution in [0, 0.1) is 0 Å². The van der Waals surface area contributed by atoms with Crippen molar-refractivity contribution in [2.75, 3.05) is 25.4 Å². The normalized spacial score (nSPS) is 18.1. The van der Waals surface area contributed by atoms with Gasteiger partial charge in [0.2, 0.25) is 5.91 Å². The number of hydrogen-bond acceptors (Lipinski definition) is 5. The molecule has 5 nitrogen and oxygen atoms in total. The molecule has 2 N–H and O–H groups in total. The van der Waals surface area contributed by atoms with Gasteiger partial charge in [0.1, 0.15) is 6.10 Å². The molecule has 2 heterocycles. The van der Waals surface area contributed by atoms with E-state index in [0.717, 1.165) is 11.3 Å². The molecule has 122 valence electrons. The number of anilines is 1. The zero-order valence-corrected chi connectivity index (χ0v) is 14.1. The van der Waals surface area contributed by atoms with Crippen LogP contribution in [0.1, 0.15) is 23.8 Å². The lowest BCUT2D eigenvalue weighted by Crippen LogP contribution is -2.42. The maximum atomic E-state index is 12.4. The summed E-state index contributed by atoms with van der Waals surface area (Å²) in [6.45, 7) is 1.74. The summed E-state index contributed by atoms with van der Waals surface area (Å²) >= 11 is 7.31. The molecule has 1 aromatic carbocycles. The molecular formula is C16H18ClN3O2S. The number of thiazole rings is 1. The van der Waals surface area contributed by atoms with Crippen molar-refractivity contribution in [3.05, 3.63) is 45.9 Å². The fraction of sp³-hybridized carbons (Fsp3) is 0.375. The van der Waals surface area contributed by atoms with Crippen molar-refractivity contribution in [2.45, 2.75) is 18.9 Å². The Balaban J connectivity index is 1.57. The van der Waals surface area contributed by atoms with E-state index in [9.17, 15) is 4.79 Å². The number of rotatable bonds is 4. The Bertz CT molecular complexity index is 674. The van der Waals surface area contributed by atoms with E-state index in [1.165, 1.54) is 11.3 Å². The lowest BCUT2D eigenvalue weighted by atomic mass is 10.1. The van der Waals surface area contributed by atoms with Gasteiger partial charge in [-0.15, -0.1) is 11.3 Å². The third-order valence-electron chi connectivity index (χ3n) is 3.83. The summed E-state index contributed by atoms with van der Waals surface area (Å²) in [6, 6.07) is 7.57. The van der Waals surface area contributed by atoms with Crippen molar-refractivity contribution in [3.8, 4) is 0 Å². The van der Waals surface area contributed by atoms with Crippen LogP contribution < -0.4 is 5.73 Å². The second kappa shape index (κ2) is 7.29. The topological polar surface area (TPSA) is 68.5 Å². The van der Waals surface area contributed by atoms with E-state index in [1.807, 2.05) is 34.5 Å². The third kappa shape index (κ3) is 4.22. The average molecular weight is 352 g/mol. The van der Waals surface area contributed by atoms with Gasteiger partial charge in [-0.25, -0.2) is 4.98 Å². The van der Waals surface area contributed by atoms with Gasteiger partial charge in [0, 0.05) is 23.4 Å². The largest absolute Gasteiger partial charge is 0.375 e. The van der Waals surface area contributed by atoms with E-state index >= 15 is 0 Å². The lowest BCUT2D eigenvalue weighted by Gasteiger charge is -2.33. The molecule has 1 amide bonds. The molecule has 0 aliphatic carbocycles. The quantitative estimate of drug-likeness (QED) is 0.919. The molecule has 1 aliphatic rings. The molecule has 0 spiro atoms. The van der Waals surface area contributed by atoms with Gasteiger partial charge in [-0.1, -0.05) is 23.7 Å². The van der Waals surface area contributed by atoms with Crippen LogP contribution in [0.3, 0.4) is 0 Å². The number of morpholine rings is 1. The van der Waals surface area contributed by atoms with Gasteiger partial charge in [-0.05, 0) is 24.1 Å². The second-order valence-corrected chi connectivity index (χ2v) is 6.75. The number of amides is 1. The Morgan fingerprint density at radius 1 is 1.43 bits per heavy atom. The highest BCUT2D eigenvalue weighted by atomic mass is 35.5. The highest BCUT2D eigenvalue weighted by Crippen LogP contribution is 2.24. The van der Waals surface area contributed by atoms with Gasteiger partial charge in [0.05, 0.1) is 18.8 Å². The van der Waals surface area contributed by atoms with E-state index in [1.54, 1.807) is 0 Å². The fourth-order valence-corrected chi connectivity index (χ4v) is 3.31. The third-order valence-corrected chi connectivity index (χ3v) is 4.80. The van der Waals surface area contributed by atoms with E-state index < -0.39 is 0 Å². The summed E-state index contributed by atoms with van der Waals surface area (Å²) in [5.74, 6) is 0.124. The maximum Gasteiger partial charge on any atom is 0.223 e. The van der Waals surface area contributed by atoms with Gasteiger partial charge >= 0.3 is 0 Å². The van der Waals surface area contributed by atoms with Gasteiger partial charge < -0.3 is 15.4 Å². The van der Waals surface area contributed by atoms with Crippen molar-refractivity contribution in [2.24, 2.45) is 0 Å². The van der Waals surface area contributed by atoms with Crippen LogP contribution >= 0.6 is 22.9 Å². The minimum Gasteiger partial charge on any atom is -0.375 e. The molecule has 1 atom stereocenters. The van der Waals surface area contributed by atoms with Crippen molar-refractivity contribution in [1.82, 2.24) is 9.88 Å². The van der Waals surface area contributed by atoms with E-state index in [-0.39, 0.29) is 12.0 Å². The predicted octanol–water partition coefficient (Wildman–Crippen LogP) is 2.91. The molecule has 1 aliphatic heterocycles. The first-order chi connectivity index (χ1) is 11.1. The molecule has 7 heteroatoms. The summed E-state index contributed by atoms with van der Waals surface area (Å²) in [5, 5.41) is 3.14. The second-order valence-electron chi connectivity index (χ2n) is 5.43. The first-order valence-corrected chi connectivity index (χ1v) is 8.72. The molecule has 1 fully saturated rings. The smallest absolute Gasteiger partial charge is 0.223 e. The SMILES string of the molecule is Nc1nc(CCC(=O)N2CCOC(c3ccc(Cl)cc3)C2)cs1. The number of ether oxygens (including phenoxy) is 1. The van der Waals surface area contributed by atoms with Crippen LogP contribution in [0.15, 0.2) is 29.6 Å². The van der Waals surface area contributed by atoms with Gasteiger partial charge in [-0.2, -0.15) is 0 Å². The van der Waals surface area contributed by atoms with E-state index in [2.05, 4.69) is 4.98 Å². The van der Waals surface area contributed by atoms with Crippen molar-refractivity contribution in [3.63, 3.8) is 0 Å². The van der Waals surface area contributed by atoms with Crippen LogP contribution in [-0.2, 0) is 16.0 Å². The van der Waals surface area contributed by atoms with Gasteiger partial charge in [0.15, 0.2) is 5.13 Å². The van der Waals surface area contributed by atoms with Gasteiger partial charge in [-0.3, -0.25) is 4.79 Å². The van der Waals surface area contributed by atoms with Crippen LogP contribution in [0.5, 0.6) is 0 Å². The number of carbonyl (C=O) groups is 1. The highest BCUT2D eigenvalue weighted by molar-refractivity contribution is 7.13. The Morgan fingerprint density at radius 3 is 2.91 bits per heavy atom. The number of aryl methyl sites for hydroxylation is 1. The highest BCUT2D eigenvalue weighted by Gasteiger charge is 2.25. The number of carbonyl (C=O) groups excluding carboxylic acids is 1. The first kappa shape index (κ1) is 16.2. The Labute approximate surface area is 144 Å². The van der Waals surface area contributed by atoms with Crippen molar-refractivity contribution >= 4 is 34.0 Å². The van der Waals surface area contributed by atoms with E-state index in [0.29, 0.717) is 42.7 Å². The number of hydrogen-bond donors (Lipinski definition) is 1. The molecule has 3 rings (SSSR count). The average Bonchev–Trinajstić information content (AvgIpc) is 2.99. The first-order valence-electron chi connectivity index (χ1n) is 7.46. The van der Waals surface area contributed by atoms with Crippen LogP contribution in [0.25, 0.3) is 0 Å². The minimum atomic E-state index is -0.0973. The standard InChI is InChI=1S/C16H18ClN3O2S/c17-12-3-1-11(2-4-12)14-9-20(7-8-22-14)15(21)6-5-13-10-23-16(18)19-13/h1-4,10,14H,5-9H2,(H2,18,19). The summed E-state index contributed by atoms with van der Waals surface area (Å²) in [5.41, 5.74) is 7.53. The molecule has 0 bridgehead atoms. The number of benzene rings is 1. The molecule has 2 aromatic rings. The Morgan fingerprint density at radius 2 is 2.22 bits per heavy atom. The zero-order chi connectivity index (χ0) is 16.2. The molecule has 23 heavy (non-hydrogen) atoms. The Hall–Kier alpha value is -1.63. The van der Waals surface area contributed by atoms with Crippen LogP contribution in [-0.4, -0.2) is 35.5 Å². The van der Waals surface area contributed by atoms with Crippen LogP contribution in [0.4, 0.5) is 5.13 Å². The monoisotopic (exact) mass is 351 g/mol. The van der Waals surface area contributed by atoms with Crippen molar-refractivity contribution < 1.29 is 9.53 Å². The van der Waals surface area contributed by atoms with Crippen LogP contribution in [0.2, 0.25) is 5.02 Å². The molecular weight excluding hydrogens is 334 g/mol.